The Bertz CT molecular complexity index is 512. The van der Waals surface area contributed by atoms with E-state index in [1.54, 1.807) is 0 Å². The maximum absolute atomic E-state index is 5.39. The Morgan fingerprint density at radius 3 is 2.50 bits per heavy atom. The van der Waals surface area contributed by atoms with E-state index in [2.05, 4.69) is 43.0 Å². The van der Waals surface area contributed by atoms with Crippen molar-refractivity contribution in [2.24, 2.45) is 0 Å². The predicted octanol–water partition coefficient (Wildman–Crippen LogP) is 0.671. The zero-order valence-electron chi connectivity index (χ0n) is 15.0. The minimum atomic E-state index is 0.833. The van der Waals surface area contributed by atoms with E-state index in [9.17, 15) is 0 Å². The van der Waals surface area contributed by atoms with Gasteiger partial charge < -0.3 is 19.9 Å². The van der Waals surface area contributed by atoms with Crippen LogP contribution in [0.1, 0.15) is 12.7 Å². The first-order chi connectivity index (χ1) is 11.7. The summed E-state index contributed by atoms with van der Waals surface area (Å²) < 4.78 is 5.39. The summed E-state index contributed by atoms with van der Waals surface area (Å²) in [6.45, 7) is 15.3. The van der Waals surface area contributed by atoms with Crippen LogP contribution in [0.15, 0.2) is 6.07 Å². The van der Waals surface area contributed by atoms with Gasteiger partial charge in [0.15, 0.2) is 0 Å². The summed E-state index contributed by atoms with van der Waals surface area (Å²) in [4.78, 5) is 16.4. The van der Waals surface area contributed by atoms with Crippen molar-refractivity contribution in [3.8, 4) is 0 Å². The van der Waals surface area contributed by atoms with Crippen molar-refractivity contribution in [3.05, 3.63) is 11.9 Å². The molecule has 0 saturated carbocycles. The highest BCUT2D eigenvalue weighted by Crippen LogP contribution is 2.17. The van der Waals surface area contributed by atoms with Gasteiger partial charge in [0, 0.05) is 58.4 Å². The number of aryl methyl sites for hydroxylation is 1. The Morgan fingerprint density at radius 2 is 1.79 bits per heavy atom. The predicted molar refractivity (Wildman–Crippen MR) is 96.8 cm³/mol. The largest absolute Gasteiger partial charge is 0.379 e. The molecule has 0 spiro atoms. The van der Waals surface area contributed by atoms with Crippen molar-refractivity contribution in [2.75, 3.05) is 82.3 Å². The Labute approximate surface area is 145 Å². The van der Waals surface area contributed by atoms with Crippen LogP contribution >= 0.6 is 0 Å². The third-order valence-electron chi connectivity index (χ3n) is 4.81. The van der Waals surface area contributed by atoms with Gasteiger partial charge in [-0.15, -0.1) is 0 Å². The van der Waals surface area contributed by atoms with Crippen molar-refractivity contribution in [1.29, 1.82) is 0 Å². The maximum atomic E-state index is 5.39. The van der Waals surface area contributed by atoms with Crippen molar-refractivity contribution < 1.29 is 4.74 Å². The molecule has 1 aromatic rings. The van der Waals surface area contributed by atoms with Gasteiger partial charge in [-0.1, -0.05) is 6.92 Å². The number of aromatic nitrogens is 2. The van der Waals surface area contributed by atoms with E-state index < -0.39 is 0 Å². The highest BCUT2D eigenvalue weighted by molar-refractivity contribution is 5.49. The first kappa shape index (κ1) is 17.4. The van der Waals surface area contributed by atoms with Crippen molar-refractivity contribution >= 4 is 11.6 Å². The number of morpholine rings is 1. The monoisotopic (exact) mass is 334 g/mol. The number of anilines is 2. The number of piperazine rings is 1. The molecule has 2 fully saturated rings. The molecule has 0 bridgehead atoms. The van der Waals surface area contributed by atoms with Gasteiger partial charge in [0.2, 0.25) is 0 Å². The number of nitrogens with zero attached hydrogens (tertiary/aromatic N) is 5. The average molecular weight is 334 g/mol. The molecule has 2 saturated heterocycles. The second-order valence-corrected chi connectivity index (χ2v) is 6.46. The molecule has 2 aliphatic rings. The number of nitrogens with one attached hydrogen (secondary N) is 1. The second-order valence-electron chi connectivity index (χ2n) is 6.46. The molecule has 7 nitrogen and oxygen atoms in total. The SMILES string of the molecule is CCN1CCN(c2cc(NCCN3CCOCC3)nc(C)n2)CC1. The summed E-state index contributed by atoms with van der Waals surface area (Å²) in [6, 6.07) is 2.09. The van der Waals surface area contributed by atoms with Crippen LogP contribution in [0, 0.1) is 6.92 Å². The Morgan fingerprint density at radius 1 is 1.04 bits per heavy atom. The van der Waals surface area contributed by atoms with E-state index in [0.29, 0.717) is 0 Å². The number of ether oxygens (including phenoxy) is 1. The molecule has 0 aliphatic carbocycles. The standard InChI is InChI=1S/C17H30N6O/c1-3-21-6-8-23(9-7-21)17-14-16(19-15(2)20-17)18-4-5-22-10-12-24-13-11-22/h14H,3-13H2,1-2H3,(H,18,19,20). The summed E-state index contributed by atoms with van der Waals surface area (Å²) in [5, 5.41) is 3.46. The molecule has 0 radical (unpaired) electrons. The van der Waals surface area contributed by atoms with E-state index in [1.165, 1.54) is 0 Å². The molecule has 0 aromatic carbocycles. The molecule has 0 amide bonds. The molecule has 0 unspecified atom stereocenters. The minimum Gasteiger partial charge on any atom is -0.379 e. The molecular weight excluding hydrogens is 304 g/mol. The zero-order valence-corrected chi connectivity index (χ0v) is 15.0. The van der Waals surface area contributed by atoms with Crippen LogP contribution in [-0.4, -0.2) is 91.9 Å². The minimum absolute atomic E-state index is 0.833. The molecule has 24 heavy (non-hydrogen) atoms. The van der Waals surface area contributed by atoms with E-state index in [0.717, 1.165) is 89.6 Å². The summed E-state index contributed by atoms with van der Waals surface area (Å²) in [5.74, 6) is 2.81. The van der Waals surface area contributed by atoms with Crippen LogP contribution in [0.2, 0.25) is 0 Å². The van der Waals surface area contributed by atoms with E-state index >= 15 is 0 Å². The zero-order chi connectivity index (χ0) is 16.8. The van der Waals surface area contributed by atoms with E-state index in [1.807, 2.05) is 6.92 Å². The highest BCUT2D eigenvalue weighted by atomic mass is 16.5. The first-order valence-electron chi connectivity index (χ1n) is 9.11. The van der Waals surface area contributed by atoms with Gasteiger partial charge >= 0.3 is 0 Å². The topological polar surface area (TPSA) is 56.8 Å². The van der Waals surface area contributed by atoms with Crippen LogP contribution in [0.25, 0.3) is 0 Å². The van der Waals surface area contributed by atoms with Crippen LogP contribution in [0.3, 0.4) is 0 Å². The lowest BCUT2D eigenvalue weighted by Crippen LogP contribution is -2.46. The lowest BCUT2D eigenvalue weighted by Gasteiger charge is -2.35. The summed E-state index contributed by atoms with van der Waals surface area (Å²) in [6.07, 6.45) is 0. The van der Waals surface area contributed by atoms with Crippen LogP contribution in [0.5, 0.6) is 0 Å². The summed E-state index contributed by atoms with van der Waals surface area (Å²) in [7, 11) is 0. The van der Waals surface area contributed by atoms with Crippen molar-refractivity contribution in [2.45, 2.75) is 13.8 Å². The fraction of sp³-hybridized carbons (Fsp3) is 0.765. The van der Waals surface area contributed by atoms with Gasteiger partial charge in [-0.2, -0.15) is 0 Å². The number of rotatable bonds is 6. The molecular formula is C17H30N6O. The van der Waals surface area contributed by atoms with Crippen LogP contribution in [0.4, 0.5) is 11.6 Å². The van der Waals surface area contributed by atoms with Crippen LogP contribution < -0.4 is 10.2 Å². The van der Waals surface area contributed by atoms with Gasteiger partial charge in [0.05, 0.1) is 13.2 Å². The van der Waals surface area contributed by atoms with Gasteiger partial charge in [0.25, 0.3) is 0 Å². The third-order valence-corrected chi connectivity index (χ3v) is 4.81. The number of likely N-dealkylation sites (N-methyl/N-ethyl adjacent to an activating group) is 1. The maximum Gasteiger partial charge on any atom is 0.134 e. The lowest BCUT2D eigenvalue weighted by molar-refractivity contribution is 0.0398. The quantitative estimate of drug-likeness (QED) is 0.820. The Kier molecular flexibility index (Phi) is 6.23. The molecule has 7 heteroatoms. The molecule has 0 atom stereocenters. The normalized spacial score (nSPS) is 20.3. The summed E-state index contributed by atoms with van der Waals surface area (Å²) in [5.41, 5.74) is 0. The van der Waals surface area contributed by atoms with Gasteiger partial charge in [-0.05, 0) is 13.5 Å². The molecule has 134 valence electrons. The molecule has 2 aliphatic heterocycles. The lowest BCUT2D eigenvalue weighted by atomic mass is 10.3. The van der Waals surface area contributed by atoms with Gasteiger partial charge in [-0.3, -0.25) is 4.90 Å². The second kappa shape index (κ2) is 8.60. The number of hydrogen-bond donors (Lipinski definition) is 1. The molecule has 3 rings (SSSR count). The molecule has 1 N–H and O–H groups in total. The molecule has 3 heterocycles. The average Bonchev–Trinajstić information content (AvgIpc) is 2.62. The Hall–Kier alpha value is -1.44. The third kappa shape index (κ3) is 4.78. The first-order valence-corrected chi connectivity index (χ1v) is 9.11. The highest BCUT2D eigenvalue weighted by Gasteiger charge is 2.18. The Balaban J connectivity index is 1.53. The smallest absolute Gasteiger partial charge is 0.134 e. The van der Waals surface area contributed by atoms with E-state index in [-0.39, 0.29) is 0 Å². The van der Waals surface area contributed by atoms with Crippen molar-refractivity contribution in [3.63, 3.8) is 0 Å². The summed E-state index contributed by atoms with van der Waals surface area (Å²) >= 11 is 0. The number of hydrogen-bond acceptors (Lipinski definition) is 7. The van der Waals surface area contributed by atoms with E-state index in [4.69, 9.17) is 4.74 Å². The van der Waals surface area contributed by atoms with Gasteiger partial charge in [0.1, 0.15) is 17.5 Å². The fourth-order valence-electron chi connectivity index (χ4n) is 3.26. The fourth-order valence-corrected chi connectivity index (χ4v) is 3.26. The van der Waals surface area contributed by atoms with Crippen LogP contribution in [-0.2, 0) is 4.74 Å². The van der Waals surface area contributed by atoms with Gasteiger partial charge in [-0.25, -0.2) is 9.97 Å². The van der Waals surface area contributed by atoms with Crippen molar-refractivity contribution in [1.82, 2.24) is 19.8 Å². The molecule has 1 aromatic heterocycles.